The van der Waals surface area contributed by atoms with E-state index in [1.807, 2.05) is 32.6 Å². The molecular weight excluding hydrogens is 168 g/mol. The molecule has 0 amide bonds. The summed E-state index contributed by atoms with van der Waals surface area (Å²) in [6.45, 7) is 8.13. The van der Waals surface area contributed by atoms with Crippen LogP contribution in [0.2, 0.25) is 19.6 Å². The third kappa shape index (κ3) is 5.92. The van der Waals surface area contributed by atoms with Crippen LogP contribution in [-0.4, -0.2) is 14.0 Å². The van der Waals surface area contributed by atoms with Crippen LogP contribution in [0.4, 0.5) is 0 Å². The van der Waals surface area contributed by atoms with Gasteiger partial charge in [0.1, 0.15) is 6.07 Å². The molecule has 4 heteroatoms. The quantitative estimate of drug-likeness (QED) is 0.383. The minimum absolute atomic E-state index is 0.500. The van der Waals surface area contributed by atoms with Gasteiger partial charge in [0.2, 0.25) is 0 Å². The summed E-state index contributed by atoms with van der Waals surface area (Å²) in [6, 6.07) is 2.02. The van der Waals surface area contributed by atoms with Gasteiger partial charge in [0.25, 0.3) is 8.32 Å². The summed E-state index contributed by atoms with van der Waals surface area (Å²) in [5.41, 5.74) is 0.500. The molecular formula is C8H16N2OSi. The Morgan fingerprint density at radius 3 is 2.42 bits per heavy atom. The summed E-state index contributed by atoms with van der Waals surface area (Å²) in [5, 5.41) is 12.4. The van der Waals surface area contributed by atoms with Gasteiger partial charge in [-0.05, 0) is 26.1 Å². The zero-order chi connectivity index (χ0) is 9.61. The molecule has 0 aromatic rings. The number of nitrogens with zero attached hydrogens (tertiary/aromatic N) is 2. The molecule has 68 valence electrons. The summed E-state index contributed by atoms with van der Waals surface area (Å²) in [6.07, 6.45) is 1.64. The molecule has 0 saturated carbocycles. The third-order valence-corrected chi connectivity index (χ3v) is 1.68. The average molecular weight is 184 g/mol. The summed E-state index contributed by atoms with van der Waals surface area (Å²) in [7, 11) is -1.60. The fourth-order valence-electron chi connectivity index (χ4n) is 0.551. The van der Waals surface area contributed by atoms with Gasteiger partial charge >= 0.3 is 0 Å². The van der Waals surface area contributed by atoms with Gasteiger partial charge in [0.05, 0.1) is 0 Å². The van der Waals surface area contributed by atoms with Crippen molar-refractivity contribution in [3.8, 4) is 6.07 Å². The van der Waals surface area contributed by atoms with E-state index in [0.717, 1.165) is 6.42 Å². The Labute approximate surface area is 75.2 Å². The number of hydrogen-bond acceptors (Lipinski definition) is 3. The average Bonchev–Trinajstić information content (AvgIpc) is 1.96. The molecule has 0 saturated heterocycles. The molecule has 0 heterocycles. The molecule has 0 aliphatic heterocycles. The fourth-order valence-corrected chi connectivity index (χ4v) is 0.935. The molecule has 0 bridgehead atoms. The van der Waals surface area contributed by atoms with E-state index < -0.39 is 8.32 Å². The highest BCUT2D eigenvalue weighted by atomic mass is 28.4. The Morgan fingerprint density at radius 1 is 1.50 bits per heavy atom. The van der Waals surface area contributed by atoms with Gasteiger partial charge < -0.3 is 4.53 Å². The van der Waals surface area contributed by atoms with E-state index in [1.165, 1.54) is 0 Å². The van der Waals surface area contributed by atoms with E-state index in [2.05, 4.69) is 5.16 Å². The molecule has 0 aromatic carbocycles. The van der Waals surface area contributed by atoms with Gasteiger partial charge in [-0.25, -0.2) is 0 Å². The molecule has 0 spiro atoms. The summed E-state index contributed by atoms with van der Waals surface area (Å²) < 4.78 is 5.24. The molecule has 0 N–H and O–H groups in total. The van der Waals surface area contributed by atoms with Crippen LogP contribution in [0.3, 0.4) is 0 Å². The summed E-state index contributed by atoms with van der Waals surface area (Å²) in [5.74, 6) is 0. The number of oxime groups is 1. The van der Waals surface area contributed by atoms with Crippen LogP contribution in [0.5, 0.6) is 0 Å². The van der Waals surface area contributed by atoms with Gasteiger partial charge in [-0.15, -0.1) is 0 Å². The Balaban J connectivity index is 4.05. The van der Waals surface area contributed by atoms with Crippen LogP contribution in [0.15, 0.2) is 5.16 Å². The molecule has 0 aliphatic rings. The van der Waals surface area contributed by atoms with Crippen LogP contribution >= 0.6 is 0 Å². The van der Waals surface area contributed by atoms with Gasteiger partial charge in [-0.2, -0.15) is 5.26 Å². The first-order valence-corrected chi connectivity index (χ1v) is 7.55. The van der Waals surface area contributed by atoms with Crippen molar-refractivity contribution < 1.29 is 4.53 Å². The van der Waals surface area contributed by atoms with Crippen LogP contribution in [0.25, 0.3) is 0 Å². The van der Waals surface area contributed by atoms with E-state index in [-0.39, 0.29) is 0 Å². The second-order valence-corrected chi connectivity index (χ2v) is 8.01. The van der Waals surface area contributed by atoms with Crippen LogP contribution in [-0.2, 0) is 4.53 Å². The van der Waals surface area contributed by atoms with Gasteiger partial charge in [0, 0.05) is 6.42 Å². The van der Waals surface area contributed by atoms with Gasteiger partial charge in [-0.3, -0.25) is 0 Å². The topological polar surface area (TPSA) is 45.4 Å². The zero-order valence-corrected chi connectivity index (χ0v) is 9.22. The summed E-state index contributed by atoms with van der Waals surface area (Å²) in [4.78, 5) is 0. The van der Waals surface area contributed by atoms with E-state index in [4.69, 9.17) is 9.79 Å². The zero-order valence-electron chi connectivity index (χ0n) is 8.22. The van der Waals surface area contributed by atoms with Gasteiger partial charge in [0.15, 0.2) is 5.71 Å². The van der Waals surface area contributed by atoms with E-state index >= 15 is 0 Å². The number of hydrogen-bond donors (Lipinski definition) is 0. The molecule has 0 atom stereocenters. The lowest BCUT2D eigenvalue weighted by Gasteiger charge is -2.12. The van der Waals surface area contributed by atoms with Crippen molar-refractivity contribution in [3.63, 3.8) is 0 Å². The first-order valence-electron chi connectivity index (χ1n) is 4.14. The van der Waals surface area contributed by atoms with Crippen molar-refractivity contribution >= 4 is 14.0 Å². The predicted molar refractivity (Wildman–Crippen MR) is 52.4 cm³/mol. The van der Waals surface area contributed by atoms with Gasteiger partial charge in [-0.1, -0.05) is 12.1 Å². The third-order valence-electron chi connectivity index (χ3n) is 1.05. The maximum absolute atomic E-state index is 8.61. The Morgan fingerprint density at radius 2 is 2.08 bits per heavy atom. The van der Waals surface area contributed by atoms with Crippen molar-refractivity contribution in [1.29, 1.82) is 5.26 Å². The second-order valence-electron chi connectivity index (χ2n) is 3.60. The lowest BCUT2D eigenvalue weighted by Crippen LogP contribution is -2.22. The van der Waals surface area contributed by atoms with E-state index in [9.17, 15) is 0 Å². The predicted octanol–water partition coefficient (Wildman–Crippen LogP) is 2.52. The van der Waals surface area contributed by atoms with Crippen molar-refractivity contribution in [2.45, 2.75) is 39.4 Å². The standard InChI is InChI=1S/C8H16N2OSi/c1-5-6-8(7-9)10-11-12(2,3)4/h5-6H2,1-4H3. The van der Waals surface area contributed by atoms with Crippen molar-refractivity contribution in [1.82, 2.24) is 0 Å². The maximum atomic E-state index is 8.61. The number of nitriles is 1. The Bertz CT molecular complexity index is 200. The van der Waals surface area contributed by atoms with Crippen molar-refractivity contribution in [2.24, 2.45) is 5.16 Å². The second kappa shape index (κ2) is 4.94. The minimum Gasteiger partial charge on any atom is -0.455 e. The molecule has 0 fully saturated rings. The first-order chi connectivity index (χ1) is 5.49. The smallest absolute Gasteiger partial charge is 0.278 e. The molecule has 3 nitrogen and oxygen atoms in total. The molecule has 12 heavy (non-hydrogen) atoms. The highest BCUT2D eigenvalue weighted by molar-refractivity contribution is 6.69. The van der Waals surface area contributed by atoms with E-state index in [0.29, 0.717) is 12.1 Å². The minimum atomic E-state index is -1.60. The largest absolute Gasteiger partial charge is 0.455 e. The highest BCUT2D eigenvalue weighted by Crippen LogP contribution is 2.04. The Hall–Kier alpha value is -0.823. The van der Waals surface area contributed by atoms with Crippen LogP contribution < -0.4 is 0 Å². The van der Waals surface area contributed by atoms with E-state index in [1.54, 1.807) is 0 Å². The lowest BCUT2D eigenvalue weighted by molar-refractivity contribution is 0.334. The van der Waals surface area contributed by atoms with Crippen molar-refractivity contribution in [2.75, 3.05) is 0 Å². The monoisotopic (exact) mass is 184 g/mol. The van der Waals surface area contributed by atoms with Crippen molar-refractivity contribution in [3.05, 3.63) is 0 Å². The fraction of sp³-hybridized carbons (Fsp3) is 0.750. The molecule has 0 unspecified atom stereocenters. The molecule has 0 radical (unpaired) electrons. The molecule has 0 aliphatic carbocycles. The molecule has 0 aromatic heterocycles. The first kappa shape index (κ1) is 11.2. The summed E-state index contributed by atoms with van der Waals surface area (Å²) >= 11 is 0. The SMILES string of the molecule is CCCC(C#N)=NO[Si](C)(C)C. The van der Waals surface area contributed by atoms with Crippen LogP contribution in [0, 0.1) is 11.3 Å². The lowest BCUT2D eigenvalue weighted by atomic mass is 10.2. The Kier molecular flexibility index (Phi) is 4.60. The molecule has 0 rings (SSSR count). The number of rotatable bonds is 4. The normalized spacial score (nSPS) is 12.4. The maximum Gasteiger partial charge on any atom is 0.278 e. The van der Waals surface area contributed by atoms with Crippen LogP contribution in [0.1, 0.15) is 19.8 Å². The highest BCUT2D eigenvalue weighted by Gasteiger charge is 2.16.